The molecule has 0 aliphatic carbocycles. The van der Waals surface area contributed by atoms with Crippen molar-refractivity contribution in [3.63, 3.8) is 0 Å². The Balaban J connectivity index is 1.88. The number of hydrogen-bond acceptors (Lipinski definition) is 3. The number of hydrazine groups is 1. The highest BCUT2D eigenvalue weighted by Crippen LogP contribution is 2.42. The van der Waals surface area contributed by atoms with Gasteiger partial charge in [0.15, 0.2) is 0 Å². The van der Waals surface area contributed by atoms with Crippen LogP contribution in [0, 0.1) is 0 Å². The quantitative estimate of drug-likeness (QED) is 0.191. The molecule has 0 unspecified atom stereocenters. The number of nitrogens with two attached hydrogens (primary N) is 1. The van der Waals surface area contributed by atoms with Crippen molar-refractivity contribution in [2.45, 2.75) is 5.54 Å². The van der Waals surface area contributed by atoms with Gasteiger partial charge in [-0.2, -0.15) is 5.10 Å². The monoisotopic (exact) mass is 418 g/mol. The average molecular weight is 419 g/mol. The Labute approximate surface area is 186 Å². The van der Waals surface area contributed by atoms with Crippen LogP contribution in [-0.2, 0) is 5.54 Å². The molecule has 0 fully saturated rings. The van der Waals surface area contributed by atoms with Crippen LogP contribution in [0.3, 0.4) is 0 Å². The summed E-state index contributed by atoms with van der Waals surface area (Å²) in [7, 11) is 0. The molecule has 0 radical (unpaired) electrons. The molecule has 0 spiro atoms. The van der Waals surface area contributed by atoms with Gasteiger partial charge in [0.2, 0.25) is 0 Å². The molecular weight excluding hydrogens is 396 g/mol. The lowest BCUT2D eigenvalue weighted by Crippen LogP contribution is -2.38. The smallest absolute Gasteiger partial charge is 0.265 e. The van der Waals surface area contributed by atoms with E-state index in [1.54, 1.807) is 12.3 Å². The maximum absolute atomic E-state index is 12.1. The summed E-state index contributed by atoms with van der Waals surface area (Å²) in [6.45, 7) is 0. The second-order valence-electron chi connectivity index (χ2n) is 7.61. The highest BCUT2D eigenvalue weighted by Gasteiger charge is 2.40. The SMILES string of the molecule is NNC(=O)c1ccc2c(cnn2C(c2ccccc2)(c2ccccc2)c2ccccc2)c1. The summed E-state index contributed by atoms with van der Waals surface area (Å²) in [5.41, 5.74) is 6.16. The van der Waals surface area contributed by atoms with Gasteiger partial charge in [-0.15, -0.1) is 0 Å². The van der Waals surface area contributed by atoms with Crippen molar-refractivity contribution in [1.82, 2.24) is 15.2 Å². The topological polar surface area (TPSA) is 72.9 Å². The van der Waals surface area contributed by atoms with Gasteiger partial charge in [-0.1, -0.05) is 91.0 Å². The second kappa shape index (κ2) is 8.13. The van der Waals surface area contributed by atoms with Gasteiger partial charge in [0, 0.05) is 10.9 Å². The molecule has 0 bridgehead atoms. The number of amides is 1. The van der Waals surface area contributed by atoms with Crippen LogP contribution in [0.4, 0.5) is 0 Å². The first-order valence-electron chi connectivity index (χ1n) is 10.4. The molecule has 4 aromatic carbocycles. The van der Waals surface area contributed by atoms with Gasteiger partial charge >= 0.3 is 0 Å². The minimum atomic E-state index is -0.705. The highest BCUT2D eigenvalue weighted by atomic mass is 16.2. The van der Waals surface area contributed by atoms with Gasteiger partial charge in [0.1, 0.15) is 5.54 Å². The summed E-state index contributed by atoms with van der Waals surface area (Å²) in [6, 6.07) is 36.6. The van der Waals surface area contributed by atoms with E-state index in [-0.39, 0.29) is 5.91 Å². The lowest BCUT2D eigenvalue weighted by molar-refractivity contribution is 0.0954. The Morgan fingerprint density at radius 2 is 1.25 bits per heavy atom. The van der Waals surface area contributed by atoms with Crippen molar-refractivity contribution in [3.8, 4) is 0 Å². The zero-order chi connectivity index (χ0) is 22.0. The van der Waals surface area contributed by atoms with Crippen LogP contribution < -0.4 is 11.3 Å². The van der Waals surface area contributed by atoms with Crippen LogP contribution >= 0.6 is 0 Å². The molecule has 32 heavy (non-hydrogen) atoms. The second-order valence-corrected chi connectivity index (χ2v) is 7.61. The molecule has 5 nitrogen and oxygen atoms in total. The number of fused-ring (bicyclic) bond motifs is 1. The predicted octanol–water partition coefficient (Wildman–Crippen LogP) is 4.48. The van der Waals surface area contributed by atoms with Crippen LogP contribution in [0.2, 0.25) is 0 Å². The van der Waals surface area contributed by atoms with Gasteiger partial charge < -0.3 is 0 Å². The zero-order valence-electron chi connectivity index (χ0n) is 17.3. The largest absolute Gasteiger partial charge is 0.290 e. The predicted molar refractivity (Wildman–Crippen MR) is 126 cm³/mol. The van der Waals surface area contributed by atoms with E-state index in [1.165, 1.54) is 0 Å². The molecule has 5 aromatic rings. The van der Waals surface area contributed by atoms with Crippen molar-refractivity contribution in [2.24, 2.45) is 5.84 Å². The molecule has 1 amide bonds. The standard InChI is InChI=1S/C27H22N4O/c28-30-26(32)20-16-17-25-21(18-20)19-29-31(25)27(22-10-4-1-5-11-22,23-12-6-2-7-13-23)24-14-8-3-9-15-24/h1-19H,28H2,(H,30,32). The number of hydrogen-bond donors (Lipinski definition) is 2. The Morgan fingerprint density at radius 3 is 1.72 bits per heavy atom. The Kier molecular flexibility index (Phi) is 5.01. The fourth-order valence-electron chi connectivity index (χ4n) is 4.43. The van der Waals surface area contributed by atoms with E-state index >= 15 is 0 Å². The fourth-order valence-corrected chi connectivity index (χ4v) is 4.43. The molecule has 5 rings (SSSR count). The van der Waals surface area contributed by atoms with Crippen LogP contribution in [-0.4, -0.2) is 15.7 Å². The summed E-state index contributed by atoms with van der Waals surface area (Å²) in [6.07, 6.45) is 1.80. The summed E-state index contributed by atoms with van der Waals surface area (Å²) in [4.78, 5) is 12.1. The average Bonchev–Trinajstić information content (AvgIpc) is 3.30. The van der Waals surface area contributed by atoms with Crippen molar-refractivity contribution in [2.75, 3.05) is 0 Å². The number of carbonyl (C=O) groups excluding carboxylic acids is 1. The van der Waals surface area contributed by atoms with E-state index in [1.807, 2.05) is 71.4 Å². The minimum Gasteiger partial charge on any atom is -0.290 e. The first-order valence-corrected chi connectivity index (χ1v) is 10.4. The minimum absolute atomic E-state index is 0.333. The molecule has 0 atom stereocenters. The van der Waals surface area contributed by atoms with Crippen LogP contribution in [0.5, 0.6) is 0 Å². The van der Waals surface area contributed by atoms with E-state index in [4.69, 9.17) is 10.9 Å². The van der Waals surface area contributed by atoms with E-state index in [2.05, 4.69) is 41.8 Å². The van der Waals surface area contributed by atoms with Gasteiger partial charge in [0.05, 0.1) is 11.7 Å². The summed E-state index contributed by atoms with van der Waals surface area (Å²) < 4.78 is 2.05. The van der Waals surface area contributed by atoms with E-state index in [0.717, 1.165) is 27.6 Å². The number of benzene rings is 4. The number of carbonyl (C=O) groups is 1. The van der Waals surface area contributed by atoms with Gasteiger partial charge in [-0.3, -0.25) is 10.2 Å². The molecule has 0 saturated carbocycles. The third-order valence-corrected chi connectivity index (χ3v) is 5.85. The number of rotatable bonds is 5. The third-order valence-electron chi connectivity index (χ3n) is 5.85. The van der Waals surface area contributed by atoms with Crippen molar-refractivity contribution >= 4 is 16.8 Å². The van der Waals surface area contributed by atoms with E-state index in [0.29, 0.717) is 5.56 Å². The lowest BCUT2D eigenvalue weighted by Gasteiger charge is -2.37. The lowest BCUT2D eigenvalue weighted by atomic mass is 9.77. The van der Waals surface area contributed by atoms with E-state index < -0.39 is 5.54 Å². The molecule has 0 aliphatic rings. The Hall–Kier alpha value is -4.22. The van der Waals surface area contributed by atoms with Crippen LogP contribution in [0.1, 0.15) is 27.0 Å². The van der Waals surface area contributed by atoms with Gasteiger partial charge in [-0.05, 0) is 34.9 Å². The molecular formula is C27H22N4O. The summed E-state index contributed by atoms with van der Waals surface area (Å²) in [5, 5.41) is 5.74. The molecule has 5 heteroatoms. The van der Waals surface area contributed by atoms with Gasteiger partial charge in [-0.25, -0.2) is 10.5 Å². The first kappa shape index (κ1) is 19.7. The maximum Gasteiger partial charge on any atom is 0.265 e. The summed E-state index contributed by atoms with van der Waals surface area (Å²) >= 11 is 0. The molecule has 0 saturated heterocycles. The van der Waals surface area contributed by atoms with Crippen LogP contribution in [0.25, 0.3) is 10.9 Å². The summed E-state index contributed by atoms with van der Waals surface area (Å²) in [5.74, 6) is 5.00. The van der Waals surface area contributed by atoms with E-state index in [9.17, 15) is 4.79 Å². The van der Waals surface area contributed by atoms with Crippen molar-refractivity contribution < 1.29 is 4.79 Å². The molecule has 1 heterocycles. The van der Waals surface area contributed by atoms with Crippen molar-refractivity contribution in [3.05, 3.63) is 138 Å². The first-order chi connectivity index (χ1) is 15.7. The molecule has 1 aromatic heterocycles. The highest BCUT2D eigenvalue weighted by molar-refractivity contribution is 5.97. The zero-order valence-corrected chi connectivity index (χ0v) is 17.3. The fraction of sp³-hybridized carbons (Fsp3) is 0.0370. The van der Waals surface area contributed by atoms with Crippen LogP contribution in [0.15, 0.2) is 115 Å². The molecule has 156 valence electrons. The third kappa shape index (κ3) is 3.07. The molecule has 3 N–H and O–H groups in total. The number of nitrogen functional groups attached to an aromatic ring is 1. The number of nitrogens with zero attached hydrogens (tertiary/aromatic N) is 2. The Bertz CT molecular complexity index is 1270. The molecule has 0 aliphatic heterocycles. The normalized spacial score (nSPS) is 11.4. The maximum atomic E-state index is 12.1. The Morgan fingerprint density at radius 1 is 0.750 bits per heavy atom. The van der Waals surface area contributed by atoms with Gasteiger partial charge in [0.25, 0.3) is 5.91 Å². The number of aromatic nitrogens is 2. The number of nitrogens with one attached hydrogen (secondary N) is 1. The van der Waals surface area contributed by atoms with Crippen molar-refractivity contribution in [1.29, 1.82) is 0 Å².